The highest BCUT2D eigenvalue weighted by Crippen LogP contribution is 2.53. The van der Waals surface area contributed by atoms with Gasteiger partial charge in [-0.2, -0.15) is 0 Å². The molecule has 3 aliphatic rings. The van der Waals surface area contributed by atoms with E-state index in [9.17, 15) is 19.8 Å². The molecule has 180 valence electrons. The number of hydrogen-bond acceptors (Lipinski definition) is 5. The van der Waals surface area contributed by atoms with E-state index in [2.05, 4.69) is 0 Å². The Balaban J connectivity index is 1.47. The number of rotatable bonds is 3. The molecule has 2 unspecified atom stereocenters. The minimum absolute atomic E-state index is 0.000578. The van der Waals surface area contributed by atoms with Crippen molar-refractivity contribution in [3.8, 4) is 11.5 Å². The van der Waals surface area contributed by atoms with Crippen LogP contribution in [-0.4, -0.2) is 21.8 Å². The van der Waals surface area contributed by atoms with Gasteiger partial charge < -0.3 is 14.9 Å². The molecule has 2 aliphatic carbocycles. The van der Waals surface area contributed by atoms with Gasteiger partial charge in [-0.1, -0.05) is 66.7 Å². The van der Waals surface area contributed by atoms with Crippen LogP contribution in [0, 0.1) is 0 Å². The Hall–Kier alpha value is -4.12. The smallest absolute Gasteiger partial charge is 0.198 e. The first-order chi connectivity index (χ1) is 17.5. The van der Waals surface area contributed by atoms with E-state index in [0.29, 0.717) is 25.7 Å². The van der Waals surface area contributed by atoms with E-state index in [1.807, 2.05) is 60.7 Å². The minimum atomic E-state index is -0.388. The number of phenolic OH excluding ortho intramolecular Hbond substituents is 2. The van der Waals surface area contributed by atoms with E-state index < -0.39 is 0 Å². The molecule has 2 N–H and O–H groups in total. The van der Waals surface area contributed by atoms with Crippen LogP contribution in [0.2, 0.25) is 0 Å². The first-order valence-corrected chi connectivity index (χ1v) is 12.3. The monoisotopic (exact) mass is 478 g/mol. The summed E-state index contributed by atoms with van der Waals surface area (Å²) in [4.78, 5) is 26.7. The van der Waals surface area contributed by atoms with E-state index in [1.54, 1.807) is 6.07 Å². The van der Waals surface area contributed by atoms with E-state index in [0.717, 1.165) is 27.8 Å². The average Bonchev–Trinajstić information content (AvgIpc) is 2.90. The molecule has 0 bridgehead atoms. The standard InChI is InChI=1S/C31H26O5/c32-25-12-11-20(15-26(25)33)29-23-13-21(18-7-3-1-4-8-18)16-27(34)30(23)36-31-24(29)14-22(17-28(31)35)19-9-5-2-6-10-19/h1-12,15,21-22,29,32-33H,13-14,16-17H2. The molecule has 1 heterocycles. The highest BCUT2D eigenvalue weighted by atomic mass is 16.5. The van der Waals surface area contributed by atoms with Crippen molar-refractivity contribution >= 4 is 11.6 Å². The Bertz CT molecular complexity index is 1330. The lowest BCUT2D eigenvalue weighted by Crippen LogP contribution is -2.32. The van der Waals surface area contributed by atoms with E-state index >= 15 is 0 Å². The zero-order valence-corrected chi connectivity index (χ0v) is 19.7. The maximum Gasteiger partial charge on any atom is 0.198 e. The molecule has 2 atom stereocenters. The number of benzene rings is 3. The van der Waals surface area contributed by atoms with E-state index in [-0.39, 0.29) is 52.3 Å². The molecule has 3 aromatic rings. The number of carbonyl (C=O) groups is 2. The zero-order valence-electron chi connectivity index (χ0n) is 19.7. The molecule has 5 nitrogen and oxygen atoms in total. The van der Waals surface area contributed by atoms with Gasteiger partial charge in [-0.3, -0.25) is 9.59 Å². The van der Waals surface area contributed by atoms with Crippen molar-refractivity contribution in [1.82, 2.24) is 0 Å². The molecule has 0 spiro atoms. The molecule has 5 heteroatoms. The number of hydrogen-bond donors (Lipinski definition) is 2. The van der Waals surface area contributed by atoms with Crippen molar-refractivity contribution in [1.29, 1.82) is 0 Å². The van der Waals surface area contributed by atoms with Crippen molar-refractivity contribution in [3.63, 3.8) is 0 Å². The van der Waals surface area contributed by atoms with Crippen LogP contribution in [0.1, 0.15) is 60.1 Å². The number of Topliss-reactive ketones (excluding diaryl/α,β-unsaturated/α-hetero) is 2. The number of carbonyl (C=O) groups excluding carboxylic acids is 2. The lowest BCUT2D eigenvalue weighted by Gasteiger charge is -2.40. The number of aromatic hydroxyl groups is 2. The molecule has 36 heavy (non-hydrogen) atoms. The van der Waals surface area contributed by atoms with Gasteiger partial charge >= 0.3 is 0 Å². The highest BCUT2D eigenvalue weighted by Gasteiger charge is 2.44. The molecule has 1 aliphatic heterocycles. The molecule has 0 aromatic heterocycles. The maximum absolute atomic E-state index is 13.4. The Morgan fingerprint density at radius 3 is 1.56 bits per heavy atom. The molecular formula is C31H26O5. The fraction of sp³-hybridized carbons (Fsp3) is 0.226. The second kappa shape index (κ2) is 8.83. The minimum Gasteiger partial charge on any atom is -0.504 e. The summed E-state index contributed by atoms with van der Waals surface area (Å²) in [6.45, 7) is 0. The number of ketones is 2. The third kappa shape index (κ3) is 3.81. The lowest BCUT2D eigenvalue weighted by atomic mass is 9.68. The third-order valence-electron chi connectivity index (χ3n) is 7.66. The number of ether oxygens (including phenoxy) is 1. The number of phenols is 2. The third-order valence-corrected chi connectivity index (χ3v) is 7.66. The van der Waals surface area contributed by atoms with E-state index in [4.69, 9.17) is 4.74 Å². The summed E-state index contributed by atoms with van der Waals surface area (Å²) >= 11 is 0. The molecule has 0 radical (unpaired) electrons. The van der Waals surface area contributed by atoms with Crippen molar-refractivity contribution < 1.29 is 24.5 Å². The first-order valence-electron chi connectivity index (χ1n) is 12.3. The summed E-state index contributed by atoms with van der Waals surface area (Å²) < 4.78 is 6.14. The quantitative estimate of drug-likeness (QED) is 0.450. The van der Waals surface area contributed by atoms with Gasteiger partial charge in [0, 0.05) is 18.8 Å². The van der Waals surface area contributed by atoms with Gasteiger partial charge in [0.25, 0.3) is 0 Å². The van der Waals surface area contributed by atoms with Crippen LogP contribution in [-0.2, 0) is 14.3 Å². The summed E-state index contributed by atoms with van der Waals surface area (Å²) in [6.07, 6.45) is 1.86. The van der Waals surface area contributed by atoms with Crippen LogP contribution >= 0.6 is 0 Å². The van der Waals surface area contributed by atoms with Crippen molar-refractivity contribution in [2.45, 2.75) is 43.4 Å². The summed E-state index contributed by atoms with van der Waals surface area (Å²) in [6, 6.07) is 24.7. The van der Waals surface area contributed by atoms with Crippen LogP contribution in [0.25, 0.3) is 0 Å². The van der Waals surface area contributed by atoms with Gasteiger partial charge in [-0.25, -0.2) is 0 Å². The van der Waals surface area contributed by atoms with Crippen LogP contribution in [0.5, 0.6) is 11.5 Å². The van der Waals surface area contributed by atoms with Gasteiger partial charge in [-0.15, -0.1) is 0 Å². The van der Waals surface area contributed by atoms with Gasteiger partial charge in [0.2, 0.25) is 0 Å². The second-order valence-electron chi connectivity index (χ2n) is 9.87. The van der Waals surface area contributed by atoms with Crippen molar-refractivity contribution in [3.05, 3.63) is 118 Å². The Labute approximate surface area is 209 Å². The largest absolute Gasteiger partial charge is 0.504 e. The van der Waals surface area contributed by atoms with Crippen LogP contribution in [0.3, 0.4) is 0 Å². The molecule has 3 aromatic carbocycles. The molecular weight excluding hydrogens is 452 g/mol. The predicted molar refractivity (Wildman–Crippen MR) is 134 cm³/mol. The van der Waals surface area contributed by atoms with Crippen molar-refractivity contribution in [2.24, 2.45) is 0 Å². The van der Waals surface area contributed by atoms with Crippen molar-refractivity contribution in [2.75, 3.05) is 0 Å². The molecule has 0 saturated carbocycles. The van der Waals surface area contributed by atoms with Gasteiger partial charge in [0.15, 0.2) is 34.6 Å². The molecule has 0 amide bonds. The fourth-order valence-corrected chi connectivity index (χ4v) is 5.95. The summed E-state index contributed by atoms with van der Waals surface area (Å²) in [7, 11) is 0. The van der Waals surface area contributed by atoms with Crippen LogP contribution < -0.4 is 0 Å². The van der Waals surface area contributed by atoms with Crippen LogP contribution in [0.4, 0.5) is 0 Å². The fourth-order valence-electron chi connectivity index (χ4n) is 5.95. The SMILES string of the molecule is O=C1CC(c2ccccc2)CC2=C1OC1=C(CC(c3ccccc3)CC1=O)C2c1ccc(O)c(O)c1. The van der Waals surface area contributed by atoms with E-state index in [1.165, 1.54) is 12.1 Å². The molecule has 0 saturated heterocycles. The Morgan fingerprint density at radius 1 is 0.583 bits per heavy atom. The zero-order chi connectivity index (χ0) is 24.8. The second-order valence-corrected chi connectivity index (χ2v) is 9.87. The maximum atomic E-state index is 13.4. The number of allylic oxidation sites excluding steroid dienone is 4. The lowest BCUT2D eigenvalue weighted by molar-refractivity contribution is -0.122. The van der Waals surface area contributed by atoms with Crippen LogP contribution in [0.15, 0.2) is 102 Å². The van der Waals surface area contributed by atoms with Gasteiger partial charge in [-0.05, 0) is 64.6 Å². The molecule has 0 fully saturated rings. The summed E-state index contributed by atoms with van der Waals surface area (Å²) in [5, 5.41) is 20.3. The summed E-state index contributed by atoms with van der Waals surface area (Å²) in [5.74, 6) is -0.507. The first kappa shape index (κ1) is 22.4. The van der Waals surface area contributed by atoms with Gasteiger partial charge in [0.1, 0.15) is 0 Å². The Kier molecular flexibility index (Phi) is 5.48. The average molecular weight is 479 g/mol. The summed E-state index contributed by atoms with van der Waals surface area (Å²) in [5.41, 5.74) is 4.59. The molecule has 6 rings (SSSR count). The van der Waals surface area contributed by atoms with Gasteiger partial charge in [0.05, 0.1) is 0 Å². The topological polar surface area (TPSA) is 83.8 Å². The highest BCUT2D eigenvalue weighted by molar-refractivity contribution is 6.01. The predicted octanol–water partition coefficient (Wildman–Crippen LogP) is 6.01. The Morgan fingerprint density at radius 2 is 1.08 bits per heavy atom. The normalized spacial score (nSPS) is 23.7.